The molecule has 0 bridgehead atoms. The van der Waals surface area contributed by atoms with Crippen LogP contribution in [0.25, 0.3) is 0 Å². The Morgan fingerprint density at radius 2 is 2.00 bits per heavy atom. The number of aliphatic hydroxyl groups is 3. The van der Waals surface area contributed by atoms with E-state index in [-0.39, 0.29) is 12.4 Å². The topological polar surface area (TPSA) is 114 Å². The molecule has 20 heavy (non-hydrogen) atoms. The second-order valence-electron chi connectivity index (χ2n) is 4.41. The van der Waals surface area contributed by atoms with E-state index in [0.717, 1.165) is 15.2 Å². The van der Waals surface area contributed by atoms with Gasteiger partial charge in [-0.15, -0.1) is 11.6 Å². The highest BCUT2D eigenvalue weighted by Crippen LogP contribution is 2.27. The van der Waals surface area contributed by atoms with Crippen molar-refractivity contribution in [1.29, 1.82) is 0 Å². The second kappa shape index (κ2) is 6.06. The molecule has 0 radical (unpaired) electrons. The first-order valence-corrected chi connectivity index (χ1v) is 6.55. The Bertz CT molecular complexity index is 585. The fourth-order valence-corrected chi connectivity index (χ4v) is 2.29. The Morgan fingerprint density at radius 1 is 1.30 bits per heavy atom. The summed E-state index contributed by atoms with van der Waals surface area (Å²) in [5, 5.41) is 28.5. The van der Waals surface area contributed by atoms with Crippen LogP contribution in [0.2, 0.25) is 0 Å². The fourth-order valence-electron chi connectivity index (χ4n) is 2.13. The van der Waals surface area contributed by atoms with Gasteiger partial charge in [0.15, 0.2) is 6.23 Å². The van der Waals surface area contributed by atoms with E-state index in [4.69, 9.17) is 21.4 Å². The summed E-state index contributed by atoms with van der Waals surface area (Å²) in [5.74, 6) is 0.0785. The average molecular weight is 307 g/mol. The Balaban J connectivity index is 2.42. The minimum Gasteiger partial charge on any atom is -0.394 e. The summed E-state index contributed by atoms with van der Waals surface area (Å²) in [5.41, 5.74) is -1.22. The number of hydrogen-bond donors (Lipinski definition) is 3. The van der Waals surface area contributed by atoms with Gasteiger partial charge in [-0.2, -0.15) is 0 Å². The maximum Gasteiger partial charge on any atom is 0.333 e. The summed E-state index contributed by atoms with van der Waals surface area (Å²) in [4.78, 5) is 23.7. The molecular formula is C11H15ClN2O6. The molecule has 0 spiro atoms. The number of alkyl halides is 1. The molecule has 0 aromatic carbocycles. The standard InChI is InChI=1S/C11H15ClN2O6/c12-2-4-13-7(16)1-3-14(11(13)19)10-9(18)8(17)6(5-15)20-10/h1,3,6,8-10,15,17-18H,2,4-5H2/t6-,8-,9-,10-/m1/s1. The van der Waals surface area contributed by atoms with Gasteiger partial charge in [0.25, 0.3) is 5.56 Å². The van der Waals surface area contributed by atoms with Crippen molar-refractivity contribution in [2.24, 2.45) is 0 Å². The maximum absolute atomic E-state index is 12.1. The largest absolute Gasteiger partial charge is 0.394 e. The predicted molar refractivity (Wildman–Crippen MR) is 68.7 cm³/mol. The number of aromatic nitrogens is 2. The highest BCUT2D eigenvalue weighted by molar-refractivity contribution is 6.17. The van der Waals surface area contributed by atoms with Crippen molar-refractivity contribution >= 4 is 11.6 Å². The van der Waals surface area contributed by atoms with Crippen LogP contribution in [0.4, 0.5) is 0 Å². The van der Waals surface area contributed by atoms with Crippen molar-refractivity contribution in [1.82, 2.24) is 9.13 Å². The first kappa shape index (κ1) is 15.2. The lowest BCUT2D eigenvalue weighted by molar-refractivity contribution is -0.0555. The van der Waals surface area contributed by atoms with E-state index in [1.54, 1.807) is 0 Å². The summed E-state index contributed by atoms with van der Waals surface area (Å²) in [6.07, 6.45) is -3.68. The van der Waals surface area contributed by atoms with Crippen LogP contribution < -0.4 is 11.2 Å². The Kier molecular flexibility index (Phi) is 4.61. The van der Waals surface area contributed by atoms with Crippen molar-refractivity contribution < 1.29 is 20.1 Å². The minimum atomic E-state index is -1.38. The molecule has 3 N–H and O–H groups in total. The van der Waals surface area contributed by atoms with Gasteiger partial charge in [0.2, 0.25) is 0 Å². The van der Waals surface area contributed by atoms with Crippen LogP contribution in [-0.2, 0) is 11.3 Å². The van der Waals surface area contributed by atoms with Crippen LogP contribution >= 0.6 is 11.6 Å². The molecule has 1 aromatic heterocycles. The van der Waals surface area contributed by atoms with Gasteiger partial charge in [-0.25, -0.2) is 4.79 Å². The monoisotopic (exact) mass is 306 g/mol. The van der Waals surface area contributed by atoms with Crippen LogP contribution in [0.3, 0.4) is 0 Å². The molecule has 0 amide bonds. The third-order valence-electron chi connectivity index (χ3n) is 3.19. The molecule has 0 aliphatic carbocycles. The molecular weight excluding hydrogens is 292 g/mol. The third kappa shape index (κ3) is 2.52. The molecule has 0 saturated carbocycles. The van der Waals surface area contributed by atoms with Gasteiger partial charge < -0.3 is 20.1 Å². The first-order valence-electron chi connectivity index (χ1n) is 6.01. The van der Waals surface area contributed by atoms with E-state index in [1.807, 2.05) is 0 Å². The number of ether oxygens (including phenoxy) is 1. The maximum atomic E-state index is 12.1. The van der Waals surface area contributed by atoms with Gasteiger partial charge in [-0.1, -0.05) is 0 Å². The molecule has 1 aromatic rings. The molecule has 0 unspecified atom stereocenters. The molecule has 1 aliphatic heterocycles. The van der Waals surface area contributed by atoms with Crippen molar-refractivity contribution in [2.45, 2.75) is 31.1 Å². The number of aliphatic hydroxyl groups excluding tert-OH is 3. The van der Waals surface area contributed by atoms with E-state index in [2.05, 4.69) is 0 Å². The van der Waals surface area contributed by atoms with Crippen LogP contribution in [-0.4, -0.2) is 55.3 Å². The van der Waals surface area contributed by atoms with E-state index < -0.39 is 42.4 Å². The molecule has 112 valence electrons. The summed E-state index contributed by atoms with van der Waals surface area (Å²) in [6.45, 7) is -0.473. The smallest absolute Gasteiger partial charge is 0.333 e. The highest BCUT2D eigenvalue weighted by Gasteiger charge is 2.43. The fraction of sp³-hybridized carbons (Fsp3) is 0.636. The van der Waals surface area contributed by atoms with E-state index >= 15 is 0 Å². The van der Waals surface area contributed by atoms with Crippen molar-refractivity contribution in [3.8, 4) is 0 Å². The average Bonchev–Trinajstić information content (AvgIpc) is 2.71. The molecule has 2 heterocycles. The molecule has 1 fully saturated rings. The Morgan fingerprint density at radius 3 is 2.55 bits per heavy atom. The second-order valence-corrected chi connectivity index (χ2v) is 4.79. The molecule has 1 aliphatic rings. The zero-order valence-corrected chi connectivity index (χ0v) is 11.2. The summed E-state index contributed by atoms with van der Waals surface area (Å²) >= 11 is 5.53. The van der Waals surface area contributed by atoms with Gasteiger partial charge in [0.1, 0.15) is 18.3 Å². The highest BCUT2D eigenvalue weighted by atomic mass is 35.5. The number of hydrogen-bond acceptors (Lipinski definition) is 6. The lowest BCUT2D eigenvalue weighted by Crippen LogP contribution is -2.43. The number of halogens is 1. The summed E-state index contributed by atoms with van der Waals surface area (Å²) < 4.78 is 7.14. The zero-order valence-electron chi connectivity index (χ0n) is 10.4. The normalized spacial score (nSPS) is 29.8. The molecule has 4 atom stereocenters. The lowest BCUT2D eigenvalue weighted by Gasteiger charge is -2.18. The summed E-state index contributed by atoms with van der Waals surface area (Å²) in [7, 11) is 0. The van der Waals surface area contributed by atoms with Gasteiger partial charge in [0.05, 0.1) is 6.61 Å². The van der Waals surface area contributed by atoms with Crippen LogP contribution in [0.5, 0.6) is 0 Å². The quantitative estimate of drug-likeness (QED) is 0.547. The van der Waals surface area contributed by atoms with Crippen LogP contribution in [0.15, 0.2) is 21.9 Å². The van der Waals surface area contributed by atoms with Crippen LogP contribution in [0, 0.1) is 0 Å². The third-order valence-corrected chi connectivity index (χ3v) is 3.36. The Labute approximate surface area is 118 Å². The summed E-state index contributed by atoms with van der Waals surface area (Å²) in [6, 6.07) is 1.14. The molecule has 1 saturated heterocycles. The predicted octanol–water partition coefficient (Wildman–Crippen LogP) is -2.14. The van der Waals surface area contributed by atoms with Gasteiger partial charge >= 0.3 is 5.69 Å². The van der Waals surface area contributed by atoms with Gasteiger partial charge in [-0.3, -0.25) is 13.9 Å². The molecule has 2 rings (SSSR count). The minimum absolute atomic E-state index is 0.0227. The van der Waals surface area contributed by atoms with Crippen molar-refractivity contribution in [3.63, 3.8) is 0 Å². The van der Waals surface area contributed by atoms with Crippen LogP contribution in [0.1, 0.15) is 6.23 Å². The molecule has 9 heteroatoms. The van der Waals surface area contributed by atoms with Crippen molar-refractivity contribution in [3.05, 3.63) is 33.1 Å². The lowest BCUT2D eigenvalue weighted by atomic mass is 10.1. The number of rotatable bonds is 4. The van der Waals surface area contributed by atoms with E-state index in [0.29, 0.717) is 0 Å². The molecule has 8 nitrogen and oxygen atoms in total. The van der Waals surface area contributed by atoms with Gasteiger partial charge in [0, 0.05) is 24.7 Å². The Hall–Kier alpha value is -1.19. The van der Waals surface area contributed by atoms with E-state index in [9.17, 15) is 19.8 Å². The SMILES string of the molecule is O=c1ccn([C@@H]2O[C@H](CO)[C@@H](O)[C@H]2O)c(=O)n1CCCl. The number of nitrogens with zero attached hydrogens (tertiary/aromatic N) is 2. The van der Waals surface area contributed by atoms with Crippen molar-refractivity contribution in [2.75, 3.05) is 12.5 Å². The first-order chi connectivity index (χ1) is 9.51. The van der Waals surface area contributed by atoms with Gasteiger partial charge in [-0.05, 0) is 0 Å². The van der Waals surface area contributed by atoms with E-state index in [1.165, 1.54) is 6.20 Å². The zero-order chi connectivity index (χ0) is 14.9.